The number of aromatic nitrogens is 1. The van der Waals surface area contributed by atoms with Crippen LogP contribution in [0.2, 0.25) is 0 Å². The Kier molecular flexibility index (Phi) is 10.6. The molecule has 1 aliphatic rings. The van der Waals surface area contributed by atoms with E-state index in [-0.39, 0.29) is 4.90 Å². The lowest BCUT2D eigenvalue weighted by molar-refractivity contribution is -0.111. The first kappa shape index (κ1) is 33.6. The molecule has 0 unspecified atom stereocenters. The van der Waals surface area contributed by atoms with Crippen molar-refractivity contribution in [2.45, 2.75) is 37.7 Å². The third-order valence-electron chi connectivity index (χ3n) is 7.43. The summed E-state index contributed by atoms with van der Waals surface area (Å²) in [5.74, 6) is -0.459. The van der Waals surface area contributed by atoms with Crippen LogP contribution in [-0.4, -0.2) is 67.7 Å². The van der Waals surface area contributed by atoms with Crippen molar-refractivity contribution >= 4 is 39.5 Å². The van der Waals surface area contributed by atoms with Crippen LogP contribution >= 0.6 is 0 Å². The SMILES string of the molecule is CC(C)(C)OC(=O)Nc1ccccc1NC(=O)/C=C/c1ccn(S(=O)(=O)c2cccc(-c3cccc(CCN4CCOCC4)c3)c2)c1. The highest BCUT2D eigenvalue weighted by Crippen LogP contribution is 2.26. The van der Waals surface area contributed by atoms with Gasteiger partial charge in [0, 0.05) is 38.1 Å². The summed E-state index contributed by atoms with van der Waals surface area (Å²) in [5.41, 5.74) is 3.56. The number of rotatable bonds is 10. The smallest absolute Gasteiger partial charge is 0.412 e. The molecule has 1 saturated heterocycles. The number of para-hydroxylation sites is 2. The highest BCUT2D eigenvalue weighted by atomic mass is 32.2. The van der Waals surface area contributed by atoms with Crippen molar-refractivity contribution < 1.29 is 27.5 Å². The fraction of sp³-hybridized carbons (Fsp3) is 0.278. The molecule has 2 amide bonds. The number of benzene rings is 3. The zero-order valence-corrected chi connectivity index (χ0v) is 27.6. The van der Waals surface area contributed by atoms with E-state index >= 15 is 0 Å². The Balaban J connectivity index is 1.24. The summed E-state index contributed by atoms with van der Waals surface area (Å²) in [7, 11) is -3.89. The van der Waals surface area contributed by atoms with Gasteiger partial charge in [-0.3, -0.25) is 15.0 Å². The molecule has 0 bridgehead atoms. The largest absolute Gasteiger partial charge is 0.444 e. The first-order chi connectivity index (χ1) is 22.5. The molecule has 5 rings (SSSR count). The quantitative estimate of drug-likeness (QED) is 0.193. The van der Waals surface area contributed by atoms with Crippen LogP contribution in [0.4, 0.5) is 16.2 Å². The van der Waals surface area contributed by atoms with Gasteiger partial charge in [-0.2, -0.15) is 0 Å². The van der Waals surface area contributed by atoms with Crippen LogP contribution in [0.3, 0.4) is 0 Å². The van der Waals surface area contributed by atoms with E-state index in [2.05, 4.69) is 27.7 Å². The number of morpholine rings is 1. The number of amides is 2. The second-order valence-electron chi connectivity index (χ2n) is 12.2. The van der Waals surface area contributed by atoms with Crippen molar-refractivity contribution in [3.05, 3.63) is 108 Å². The lowest BCUT2D eigenvalue weighted by Crippen LogP contribution is -2.37. The van der Waals surface area contributed by atoms with Crippen LogP contribution in [0, 0.1) is 0 Å². The van der Waals surface area contributed by atoms with Gasteiger partial charge in [0.15, 0.2) is 0 Å². The van der Waals surface area contributed by atoms with E-state index in [1.165, 1.54) is 30.1 Å². The molecule has 246 valence electrons. The second kappa shape index (κ2) is 14.8. The molecule has 0 atom stereocenters. The number of nitrogens with one attached hydrogen (secondary N) is 2. The van der Waals surface area contributed by atoms with Crippen LogP contribution < -0.4 is 10.6 Å². The molecule has 1 fully saturated rings. The molecule has 11 heteroatoms. The third-order valence-corrected chi connectivity index (χ3v) is 9.06. The number of hydrogen-bond donors (Lipinski definition) is 2. The molecule has 10 nitrogen and oxygen atoms in total. The summed E-state index contributed by atoms with van der Waals surface area (Å²) in [6.45, 7) is 9.63. The number of hydrogen-bond acceptors (Lipinski definition) is 7. The van der Waals surface area contributed by atoms with Gasteiger partial charge in [0.1, 0.15) is 5.60 Å². The van der Waals surface area contributed by atoms with Crippen LogP contribution in [0.1, 0.15) is 31.9 Å². The van der Waals surface area contributed by atoms with Crippen molar-refractivity contribution in [1.29, 1.82) is 0 Å². The van der Waals surface area contributed by atoms with Crippen molar-refractivity contribution in [3.63, 3.8) is 0 Å². The highest BCUT2D eigenvalue weighted by molar-refractivity contribution is 7.90. The lowest BCUT2D eigenvalue weighted by atomic mass is 10.0. The highest BCUT2D eigenvalue weighted by Gasteiger charge is 2.19. The van der Waals surface area contributed by atoms with E-state index in [0.717, 1.165) is 54.4 Å². The fourth-order valence-corrected chi connectivity index (χ4v) is 6.33. The van der Waals surface area contributed by atoms with E-state index in [1.54, 1.807) is 69.3 Å². The minimum Gasteiger partial charge on any atom is -0.444 e. The Morgan fingerprint density at radius 1 is 0.894 bits per heavy atom. The van der Waals surface area contributed by atoms with Crippen LogP contribution in [-0.2, 0) is 30.7 Å². The maximum Gasteiger partial charge on any atom is 0.412 e. The minimum atomic E-state index is -3.89. The Bertz CT molecular complexity index is 1850. The van der Waals surface area contributed by atoms with Crippen molar-refractivity contribution in [3.8, 4) is 11.1 Å². The lowest BCUT2D eigenvalue weighted by Gasteiger charge is -2.26. The van der Waals surface area contributed by atoms with Crippen molar-refractivity contribution in [1.82, 2.24) is 8.87 Å². The molecule has 0 spiro atoms. The maximum absolute atomic E-state index is 13.6. The zero-order valence-electron chi connectivity index (χ0n) is 26.8. The van der Waals surface area contributed by atoms with Gasteiger partial charge in [0.2, 0.25) is 5.91 Å². The maximum atomic E-state index is 13.6. The summed E-state index contributed by atoms with van der Waals surface area (Å²) in [6.07, 6.45) is 5.98. The van der Waals surface area contributed by atoms with Crippen molar-refractivity contribution in [2.75, 3.05) is 43.5 Å². The second-order valence-corrected chi connectivity index (χ2v) is 14.1. The Hall–Kier alpha value is -4.71. The molecule has 2 N–H and O–H groups in total. The molecular weight excluding hydrogens is 616 g/mol. The third kappa shape index (κ3) is 9.41. The van der Waals surface area contributed by atoms with E-state index < -0.39 is 27.6 Å². The topological polar surface area (TPSA) is 119 Å². The van der Waals surface area contributed by atoms with Gasteiger partial charge < -0.3 is 14.8 Å². The molecule has 3 aromatic carbocycles. The molecule has 1 aliphatic heterocycles. The summed E-state index contributed by atoms with van der Waals surface area (Å²) in [5, 5.41) is 5.37. The summed E-state index contributed by atoms with van der Waals surface area (Å²) < 4.78 is 39.0. The first-order valence-electron chi connectivity index (χ1n) is 15.5. The van der Waals surface area contributed by atoms with Crippen LogP contribution in [0.5, 0.6) is 0 Å². The van der Waals surface area contributed by atoms with Gasteiger partial charge in [-0.25, -0.2) is 17.2 Å². The van der Waals surface area contributed by atoms with Crippen molar-refractivity contribution in [2.24, 2.45) is 0 Å². The van der Waals surface area contributed by atoms with E-state index in [9.17, 15) is 18.0 Å². The van der Waals surface area contributed by atoms with Crippen LogP contribution in [0.25, 0.3) is 17.2 Å². The Morgan fingerprint density at radius 3 is 2.30 bits per heavy atom. The van der Waals surface area contributed by atoms with Crippen LogP contribution in [0.15, 0.2) is 102 Å². The Labute approximate surface area is 276 Å². The van der Waals surface area contributed by atoms with Gasteiger partial charge in [-0.15, -0.1) is 0 Å². The van der Waals surface area contributed by atoms with Gasteiger partial charge in [-0.1, -0.05) is 48.5 Å². The molecule has 4 aromatic rings. The normalized spacial score (nSPS) is 14.2. The average Bonchev–Trinajstić information content (AvgIpc) is 3.54. The number of nitrogens with zero attached hydrogens (tertiary/aromatic N) is 2. The molecule has 0 saturated carbocycles. The predicted octanol–water partition coefficient (Wildman–Crippen LogP) is 6.27. The molecule has 47 heavy (non-hydrogen) atoms. The van der Waals surface area contributed by atoms with Gasteiger partial charge in [0.05, 0.1) is 29.5 Å². The predicted molar refractivity (Wildman–Crippen MR) is 184 cm³/mol. The monoisotopic (exact) mass is 656 g/mol. The van der Waals surface area contributed by atoms with E-state index in [4.69, 9.17) is 9.47 Å². The molecule has 1 aromatic heterocycles. The molecule has 0 aliphatic carbocycles. The average molecular weight is 657 g/mol. The zero-order chi connectivity index (χ0) is 33.4. The van der Waals surface area contributed by atoms with E-state index in [1.807, 2.05) is 18.2 Å². The molecule has 0 radical (unpaired) electrons. The first-order valence-corrected chi connectivity index (χ1v) is 16.9. The number of anilines is 2. The summed E-state index contributed by atoms with van der Waals surface area (Å²) in [4.78, 5) is 27.5. The molecule has 2 heterocycles. The summed E-state index contributed by atoms with van der Waals surface area (Å²) in [6, 6.07) is 23.5. The van der Waals surface area contributed by atoms with Gasteiger partial charge in [-0.05, 0) is 85.9 Å². The fourth-order valence-electron chi connectivity index (χ4n) is 5.08. The summed E-state index contributed by atoms with van der Waals surface area (Å²) >= 11 is 0. The number of carbonyl (C=O) groups is 2. The van der Waals surface area contributed by atoms with Gasteiger partial charge >= 0.3 is 6.09 Å². The van der Waals surface area contributed by atoms with E-state index in [0.29, 0.717) is 16.9 Å². The standard InChI is InChI=1S/C36H40N4O6S/c1-36(2,3)46-35(42)38-33-13-5-4-12-32(33)37-34(41)15-14-28-17-19-40(26-28)47(43,44)31-11-7-10-30(25-31)29-9-6-8-27(24-29)16-18-39-20-22-45-23-21-39/h4-15,17,19,24-26H,16,18,20-23H2,1-3H3,(H,37,41)(H,38,42)/b15-14+. The molecular formula is C36H40N4O6S. The number of ether oxygens (including phenoxy) is 2. The van der Waals surface area contributed by atoms with Gasteiger partial charge in [0.25, 0.3) is 10.0 Å². The Morgan fingerprint density at radius 2 is 1.57 bits per heavy atom. The number of carbonyl (C=O) groups excluding carboxylic acids is 2. The minimum absolute atomic E-state index is 0.159.